The molecule has 0 bridgehead atoms. The normalized spacial score (nSPS) is 13.6. The van der Waals surface area contributed by atoms with Gasteiger partial charge >= 0.3 is 0 Å². The third kappa shape index (κ3) is 1.31. The van der Waals surface area contributed by atoms with Crippen molar-refractivity contribution < 1.29 is 4.39 Å². The lowest BCUT2D eigenvalue weighted by Crippen LogP contribution is -1.94. The topological polar surface area (TPSA) is 15.8 Å². The molecule has 0 saturated heterocycles. The average Bonchev–Trinajstić information content (AvgIpc) is 2.37. The molecule has 0 aromatic carbocycles. The molecule has 0 spiro atoms. The minimum Gasteiger partial charge on any atom is -0.365 e. The van der Waals surface area contributed by atoms with Crippen molar-refractivity contribution >= 4 is 0 Å². The summed E-state index contributed by atoms with van der Waals surface area (Å²) in [4.78, 5) is 2.95. The van der Waals surface area contributed by atoms with Gasteiger partial charge in [0.15, 0.2) is 0 Å². The number of halogens is 1. The summed E-state index contributed by atoms with van der Waals surface area (Å²) in [5.41, 5.74) is 0.970. The zero-order valence-corrected chi connectivity index (χ0v) is 5.39. The number of aromatic amines is 1. The van der Waals surface area contributed by atoms with E-state index in [1.54, 1.807) is 0 Å². The molecule has 0 radical (unpaired) electrons. The van der Waals surface area contributed by atoms with Crippen molar-refractivity contribution in [2.24, 2.45) is 0 Å². The Labute approximate surface area is 53.9 Å². The van der Waals surface area contributed by atoms with E-state index in [4.69, 9.17) is 0 Å². The molecule has 1 N–H and O–H groups in total. The van der Waals surface area contributed by atoms with Gasteiger partial charge in [-0.1, -0.05) is 6.92 Å². The van der Waals surface area contributed by atoms with Crippen LogP contribution >= 0.6 is 0 Å². The molecule has 1 rings (SSSR count). The largest absolute Gasteiger partial charge is 0.365 e. The molecule has 1 aromatic rings. The molecule has 2 heteroatoms. The smallest absolute Gasteiger partial charge is 0.0974 e. The molecule has 1 atom stereocenters. The molecule has 1 aromatic heterocycles. The zero-order valence-electron chi connectivity index (χ0n) is 5.39. The first-order chi connectivity index (χ1) is 4.34. The van der Waals surface area contributed by atoms with Crippen molar-refractivity contribution in [1.29, 1.82) is 0 Å². The van der Waals surface area contributed by atoms with Crippen molar-refractivity contribution in [3.05, 3.63) is 24.0 Å². The van der Waals surface area contributed by atoms with Crippen LogP contribution in [0, 0.1) is 0 Å². The maximum absolute atomic E-state index is 11.9. The predicted octanol–water partition coefficient (Wildman–Crippen LogP) is 2.09. The van der Waals surface area contributed by atoms with E-state index in [0.717, 1.165) is 5.69 Å². The highest BCUT2D eigenvalue weighted by Gasteiger charge is 2.02. The summed E-state index contributed by atoms with van der Waals surface area (Å²) in [6, 6.07) is 3.77. The van der Waals surface area contributed by atoms with Crippen LogP contribution in [-0.2, 0) is 0 Å². The fourth-order valence-corrected chi connectivity index (χ4v) is 0.734. The van der Waals surface area contributed by atoms with Gasteiger partial charge in [-0.3, -0.25) is 4.39 Å². The molecule has 1 nitrogen and oxygen atoms in total. The molecule has 0 saturated carbocycles. The lowest BCUT2D eigenvalue weighted by molar-refractivity contribution is 0.443. The van der Waals surface area contributed by atoms with Crippen LogP contribution in [0.2, 0.25) is 0 Å². The van der Waals surface area contributed by atoms with Gasteiger partial charge in [0, 0.05) is 17.8 Å². The van der Waals surface area contributed by atoms with Crippen LogP contribution in [0.1, 0.15) is 18.5 Å². The van der Waals surface area contributed by atoms with E-state index in [9.17, 15) is 4.39 Å². The summed E-state index contributed by atoms with van der Waals surface area (Å²) in [6.45, 7) is 1.56. The lowest BCUT2D eigenvalue weighted by Gasteiger charge is -2.00. The van der Waals surface area contributed by atoms with E-state index in [0.29, 0.717) is 0 Å². The van der Waals surface area contributed by atoms with Crippen LogP contribution < -0.4 is 0 Å². The first kappa shape index (κ1) is 6.33. The van der Waals surface area contributed by atoms with Crippen molar-refractivity contribution in [3.63, 3.8) is 0 Å². The van der Waals surface area contributed by atoms with Gasteiger partial charge < -0.3 is 4.98 Å². The number of hydrogen-bond donors (Lipinski definition) is 1. The van der Waals surface area contributed by atoms with Gasteiger partial charge in [-0.25, -0.2) is 0 Å². The van der Waals surface area contributed by atoms with Gasteiger partial charge in [-0.15, -0.1) is 0 Å². The predicted molar refractivity (Wildman–Crippen MR) is 35.2 cm³/mol. The minimum atomic E-state index is -0.291. The molecule has 0 amide bonds. The minimum absolute atomic E-state index is 0.0139. The molecular weight excluding hydrogens is 117 g/mol. The molecule has 0 aliphatic carbocycles. The molecule has 0 fully saturated rings. The Morgan fingerprint density at radius 3 is 3.00 bits per heavy atom. The number of alkyl halides is 1. The fourth-order valence-electron chi connectivity index (χ4n) is 0.734. The van der Waals surface area contributed by atoms with Gasteiger partial charge in [0.05, 0.1) is 6.67 Å². The van der Waals surface area contributed by atoms with Crippen LogP contribution in [0.25, 0.3) is 0 Å². The van der Waals surface area contributed by atoms with E-state index < -0.39 is 0 Å². The maximum atomic E-state index is 11.9. The highest BCUT2D eigenvalue weighted by atomic mass is 19.1. The average molecular weight is 127 g/mol. The third-order valence-electron chi connectivity index (χ3n) is 1.38. The van der Waals surface area contributed by atoms with Crippen molar-refractivity contribution in [1.82, 2.24) is 4.98 Å². The molecule has 9 heavy (non-hydrogen) atoms. The Bertz CT molecular complexity index is 157. The van der Waals surface area contributed by atoms with Crippen LogP contribution in [0.5, 0.6) is 0 Å². The molecule has 0 aliphatic rings. The SMILES string of the molecule is CC(CF)c1ccc[nH]1. The van der Waals surface area contributed by atoms with Gasteiger partial charge in [0.25, 0.3) is 0 Å². The second kappa shape index (κ2) is 2.67. The number of rotatable bonds is 2. The number of aromatic nitrogens is 1. The Kier molecular flexibility index (Phi) is 1.88. The molecule has 0 aliphatic heterocycles. The standard InChI is InChI=1S/C7H10FN/c1-6(5-8)7-3-2-4-9-7/h2-4,6,9H,5H2,1H3. The summed E-state index contributed by atoms with van der Waals surface area (Å²) >= 11 is 0. The second-order valence-corrected chi connectivity index (χ2v) is 2.18. The third-order valence-corrected chi connectivity index (χ3v) is 1.38. The Hall–Kier alpha value is -0.790. The Balaban J connectivity index is 2.65. The van der Waals surface area contributed by atoms with E-state index >= 15 is 0 Å². The Morgan fingerprint density at radius 1 is 1.78 bits per heavy atom. The van der Waals surface area contributed by atoms with Crippen molar-refractivity contribution in [2.75, 3.05) is 6.67 Å². The summed E-state index contributed by atoms with van der Waals surface area (Å²) in [6.07, 6.45) is 1.81. The van der Waals surface area contributed by atoms with Gasteiger partial charge in [0.1, 0.15) is 0 Å². The monoisotopic (exact) mass is 127 g/mol. The maximum Gasteiger partial charge on any atom is 0.0974 e. The van der Waals surface area contributed by atoms with Gasteiger partial charge in [0.2, 0.25) is 0 Å². The number of nitrogens with one attached hydrogen (secondary N) is 1. The zero-order chi connectivity index (χ0) is 6.69. The molecule has 1 unspecified atom stereocenters. The summed E-state index contributed by atoms with van der Waals surface area (Å²) in [5.74, 6) is 0.0139. The molecular formula is C7H10FN. The van der Waals surface area contributed by atoms with E-state index in [2.05, 4.69) is 4.98 Å². The number of H-pyrrole nitrogens is 1. The molecule has 50 valence electrons. The van der Waals surface area contributed by atoms with Crippen LogP contribution in [0.4, 0.5) is 4.39 Å². The first-order valence-corrected chi connectivity index (χ1v) is 3.04. The van der Waals surface area contributed by atoms with Crippen LogP contribution in [0.15, 0.2) is 18.3 Å². The lowest BCUT2D eigenvalue weighted by atomic mass is 10.1. The van der Waals surface area contributed by atoms with Gasteiger partial charge in [-0.2, -0.15) is 0 Å². The summed E-state index contributed by atoms with van der Waals surface area (Å²) < 4.78 is 11.9. The first-order valence-electron chi connectivity index (χ1n) is 3.04. The Morgan fingerprint density at radius 2 is 2.56 bits per heavy atom. The fraction of sp³-hybridized carbons (Fsp3) is 0.429. The van der Waals surface area contributed by atoms with Crippen LogP contribution in [-0.4, -0.2) is 11.7 Å². The van der Waals surface area contributed by atoms with Crippen molar-refractivity contribution in [3.8, 4) is 0 Å². The quantitative estimate of drug-likeness (QED) is 0.626. The van der Waals surface area contributed by atoms with Crippen LogP contribution in [0.3, 0.4) is 0 Å². The summed E-state index contributed by atoms with van der Waals surface area (Å²) in [5, 5.41) is 0. The molecule has 1 heterocycles. The van der Waals surface area contributed by atoms with E-state index in [-0.39, 0.29) is 12.6 Å². The van der Waals surface area contributed by atoms with Gasteiger partial charge in [-0.05, 0) is 12.1 Å². The van der Waals surface area contributed by atoms with Crippen molar-refractivity contribution in [2.45, 2.75) is 12.8 Å². The highest BCUT2D eigenvalue weighted by molar-refractivity contribution is 5.08. The van der Waals surface area contributed by atoms with E-state index in [1.165, 1.54) is 0 Å². The number of hydrogen-bond acceptors (Lipinski definition) is 0. The second-order valence-electron chi connectivity index (χ2n) is 2.18. The van der Waals surface area contributed by atoms with E-state index in [1.807, 2.05) is 25.3 Å². The summed E-state index contributed by atoms with van der Waals surface area (Å²) in [7, 11) is 0. The highest BCUT2D eigenvalue weighted by Crippen LogP contribution is 2.11.